The van der Waals surface area contributed by atoms with Crippen molar-refractivity contribution in [1.29, 1.82) is 0 Å². The van der Waals surface area contributed by atoms with Crippen LogP contribution >= 0.6 is 24.8 Å². The molecule has 2 rings (SSSR count). The molecular formula is C18H31Cl2N3O. The number of carbonyl (C=O) groups is 1. The van der Waals surface area contributed by atoms with Crippen molar-refractivity contribution in [2.45, 2.75) is 45.2 Å². The predicted molar refractivity (Wildman–Crippen MR) is 106 cm³/mol. The zero-order valence-electron chi connectivity index (χ0n) is 14.9. The second kappa shape index (κ2) is 10.8. The van der Waals surface area contributed by atoms with E-state index in [0.717, 1.165) is 32.4 Å². The van der Waals surface area contributed by atoms with Crippen molar-refractivity contribution in [1.82, 2.24) is 4.90 Å². The first-order chi connectivity index (χ1) is 10.5. The topological polar surface area (TPSA) is 49.6 Å². The first-order valence-corrected chi connectivity index (χ1v) is 8.31. The zero-order chi connectivity index (χ0) is 16.1. The van der Waals surface area contributed by atoms with Crippen molar-refractivity contribution in [3.8, 4) is 0 Å². The molecule has 1 unspecified atom stereocenters. The van der Waals surface area contributed by atoms with Crippen LogP contribution in [0.4, 0.5) is 5.69 Å². The summed E-state index contributed by atoms with van der Waals surface area (Å²) in [6.45, 7) is 6.15. The summed E-state index contributed by atoms with van der Waals surface area (Å²) in [4.78, 5) is 16.7. The van der Waals surface area contributed by atoms with Crippen LogP contribution in [0.1, 0.15) is 33.1 Å². The average Bonchev–Trinajstić information content (AvgIpc) is 2.53. The van der Waals surface area contributed by atoms with Gasteiger partial charge in [-0.25, -0.2) is 0 Å². The van der Waals surface area contributed by atoms with Crippen LogP contribution in [0.15, 0.2) is 30.3 Å². The average molecular weight is 376 g/mol. The number of piperidine rings is 1. The summed E-state index contributed by atoms with van der Waals surface area (Å²) in [5.41, 5.74) is 7.30. The highest BCUT2D eigenvalue weighted by atomic mass is 35.5. The lowest BCUT2D eigenvalue weighted by Gasteiger charge is -2.39. The number of hydrogen-bond acceptors (Lipinski definition) is 3. The maximum absolute atomic E-state index is 12.5. The number of anilines is 1. The molecule has 0 aliphatic carbocycles. The molecule has 2 atom stereocenters. The van der Waals surface area contributed by atoms with E-state index in [1.54, 1.807) is 0 Å². The molecule has 2 N–H and O–H groups in total. The Bertz CT molecular complexity index is 484. The smallest absolute Gasteiger partial charge is 0.239 e. The van der Waals surface area contributed by atoms with E-state index in [0.29, 0.717) is 5.92 Å². The molecule has 1 aliphatic heterocycles. The van der Waals surface area contributed by atoms with E-state index in [1.165, 1.54) is 5.69 Å². The monoisotopic (exact) mass is 375 g/mol. The molecule has 1 aromatic carbocycles. The molecule has 0 spiro atoms. The minimum absolute atomic E-state index is 0. The molecule has 138 valence electrons. The molecule has 1 heterocycles. The maximum Gasteiger partial charge on any atom is 0.239 e. The van der Waals surface area contributed by atoms with Crippen molar-refractivity contribution >= 4 is 36.4 Å². The number of benzene rings is 1. The van der Waals surface area contributed by atoms with Gasteiger partial charge in [0.05, 0.1) is 6.04 Å². The van der Waals surface area contributed by atoms with Crippen molar-refractivity contribution in [2.24, 2.45) is 11.7 Å². The number of para-hydroxylation sites is 1. The Morgan fingerprint density at radius 3 is 2.50 bits per heavy atom. The number of amides is 1. The Kier molecular flexibility index (Phi) is 10.4. The summed E-state index contributed by atoms with van der Waals surface area (Å²) in [5, 5.41) is 0. The second-order valence-corrected chi connectivity index (χ2v) is 6.76. The number of likely N-dealkylation sites (N-methyl/N-ethyl adjacent to an activating group) is 1. The van der Waals surface area contributed by atoms with Crippen molar-refractivity contribution < 1.29 is 4.79 Å². The van der Waals surface area contributed by atoms with Gasteiger partial charge < -0.3 is 15.5 Å². The normalized spacial score (nSPS) is 18.4. The fraction of sp³-hybridized carbons (Fsp3) is 0.611. The fourth-order valence-electron chi connectivity index (χ4n) is 3.19. The number of hydrogen-bond donors (Lipinski definition) is 1. The van der Waals surface area contributed by atoms with Crippen LogP contribution in [0.25, 0.3) is 0 Å². The van der Waals surface area contributed by atoms with Crippen LogP contribution in [-0.4, -0.2) is 43.0 Å². The van der Waals surface area contributed by atoms with Gasteiger partial charge in [-0.3, -0.25) is 4.79 Å². The quantitative estimate of drug-likeness (QED) is 0.858. The van der Waals surface area contributed by atoms with Gasteiger partial charge in [0.25, 0.3) is 0 Å². The van der Waals surface area contributed by atoms with E-state index in [-0.39, 0.29) is 42.8 Å². The first kappa shape index (κ1) is 23.0. The number of nitrogens with zero attached hydrogens (tertiary/aromatic N) is 2. The standard InChI is InChI=1S/C18H29N3O.2ClH/c1-14(2)12-17(19)18(22)20(3)16-10-7-11-21(13-16)15-8-5-4-6-9-15;;/h4-6,8-9,14,16-17H,7,10-13,19H2,1-3H3;2*1H/t16?,17-;;/m0../s1. The summed E-state index contributed by atoms with van der Waals surface area (Å²) >= 11 is 0. The molecule has 0 radical (unpaired) electrons. The number of carbonyl (C=O) groups excluding carboxylic acids is 1. The van der Waals surface area contributed by atoms with Crippen molar-refractivity contribution in [3.05, 3.63) is 30.3 Å². The van der Waals surface area contributed by atoms with Gasteiger partial charge in [-0.05, 0) is 37.3 Å². The Hall–Kier alpha value is -0.970. The predicted octanol–water partition coefficient (Wildman–Crippen LogP) is 3.33. The number of nitrogens with two attached hydrogens (primary N) is 1. The lowest BCUT2D eigenvalue weighted by atomic mass is 10.00. The second-order valence-electron chi connectivity index (χ2n) is 6.76. The third-order valence-electron chi connectivity index (χ3n) is 4.46. The Balaban J connectivity index is 0.00000264. The van der Waals surface area contributed by atoms with Gasteiger partial charge in [0.2, 0.25) is 5.91 Å². The third-order valence-corrected chi connectivity index (χ3v) is 4.46. The van der Waals surface area contributed by atoms with Crippen LogP contribution < -0.4 is 10.6 Å². The Morgan fingerprint density at radius 2 is 1.92 bits per heavy atom. The van der Waals surface area contributed by atoms with Gasteiger partial charge >= 0.3 is 0 Å². The largest absolute Gasteiger partial charge is 0.369 e. The van der Waals surface area contributed by atoms with Crippen LogP contribution in [0.3, 0.4) is 0 Å². The SMILES string of the molecule is CC(C)C[C@H](N)C(=O)N(C)C1CCCN(c2ccccc2)C1.Cl.Cl. The summed E-state index contributed by atoms with van der Waals surface area (Å²) in [6, 6.07) is 10.3. The van der Waals surface area contributed by atoms with Gasteiger partial charge in [-0.1, -0.05) is 32.0 Å². The Labute approximate surface area is 158 Å². The third kappa shape index (κ3) is 6.15. The molecule has 0 aromatic heterocycles. The molecule has 0 bridgehead atoms. The van der Waals surface area contributed by atoms with Gasteiger partial charge in [0, 0.05) is 31.9 Å². The van der Waals surface area contributed by atoms with Crippen molar-refractivity contribution in [2.75, 3.05) is 25.0 Å². The molecule has 1 amide bonds. The number of halogens is 2. The minimum Gasteiger partial charge on any atom is -0.369 e. The minimum atomic E-state index is -0.378. The van der Waals surface area contributed by atoms with Crippen LogP contribution in [0.2, 0.25) is 0 Å². The molecule has 6 heteroatoms. The van der Waals surface area contributed by atoms with Crippen molar-refractivity contribution in [3.63, 3.8) is 0 Å². The summed E-state index contributed by atoms with van der Waals surface area (Å²) in [7, 11) is 1.90. The lowest BCUT2D eigenvalue weighted by molar-refractivity contribution is -0.133. The van der Waals surface area contributed by atoms with E-state index in [2.05, 4.69) is 43.0 Å². The maximum atomic E-state index is 12.5. The summed E-state index contributed by atoms with van der Waals surface area (Å²) in [6.07, 6.45) is 2.91. The lowest BCUT2D eigenvalue weighted by Crippen LogP contribution is -2.53. The highest BCUT2D eigenvalue weighted by molar-refractivity contribution is 5.85. The zero-order valence-corrected chi connectivity index (χ0v) is 16.5. The molecule has 1 aliphatic rings. The first-order valence-electron chi connectivity index (χ1n) is 8.31. The van der Waals surface area contributed by atoms with Crippen LogP contribution in [-0.2, 0) is 4.79 Å². The Morgan fingerprint density at radius 1 is 1.29 bits per heavy atom. The molecule has 24 heavy (non-hydrogen) atoms. The molecule has 1 aromatic rings. The van der Waals surface area contributed by atoms with E-state index in [4.69, 9.17) is 5.73 Å². The van der Waals surface area contributed by atoms with Gasteiger partial charge in [-0.15, -0.1) is 24.8 Å². The van der Waals surface area contributed by atoms with E-state index >= 15 is 0 Å². The fourth-order valence-corrected chi connectivity index (χ4v) is 3.19. The summed E-state index contributed by atoms with van der Waals surface area (Å²) in [5.74, 6) is 0.521. The van der Waals surface area contributed by atoms with Gasteiger partial charge in [0.1, 0.15) is 0 Å². The molecule has 4 nitrogen and oxygen atoms in total. The van der Waals surface area contributed by atoms with E-state index < -0.39 is 0 Å². The van der Waals surface area contributed by atoms with Gasteiger partial charge in [0.15, 0.2) is 0 Å². The summed E-state index contributed by atoms with van der Waals surface area (Å²) < 4.78 is 0. The molecule has 1 fully saturated rings. The van der Waals surface area contributed by atoms with E-state index in [9.17, 15) is 4.79 Å². The van der Waals surface area contributed by atoms with Crippen LogP contribution in [0, 0.1) is 5.92 Å². The molecule has 1 saturated heterocycles. The van der Waals surface area contributed by atoms with Gasteiger partial charge in [-0.2, -0.15) is 0 Å². The molecule has 0 saturated carbocycles. The highest BCUT2D eigenvalue weighted by Crippen LogP contribution is 2.22. The number of rotatable bonds is 5. The molecular weight excluding hydrogens is 345 g/mol. The van der Waals surface area contributed by atoms with E-state index in [1.807, 2.05) is 18.0 Å². The van der Waals surface area contributed by atoms with Crippen LogP contribution in [0.5, 0.6) is 0 Å². The highest BCUT2D eigenvalue weighted by Gasteiger charge is 2.28.